The maximum absolute atomic E-state index is 13.1. The molecule has 0 atom stereocenters. The van der Waals surface area contributed by atoms with E-state index in [0.29, 0.717) is 5.82 Å². The van der Waals surface area contributed by atoms with Crippen LogP contribution in [0.2, 0.25) is 0 Å². The molecule has 1 aliphatic carbocycles. The second kappa shape index (κ2) is 7.78. The maximum Gasteiger partial charge on any atom is 0.283 e. The molecule has 2 aromatic heterocycles. The van der Waals surface area contributed by atoms with Crippen LogP contribution in [0.3, 0.4) is 0 Å². The normalized spacial score (nSPS) is 14.1. The van der Waals surface area contributed by atoms with Gasteiger partial charge < -0.3 is 4.74 Å². The molecule has 140 valence electrons. The van der Waals surface area contributed by atoms with Gasteiger partial charge in [-0.25, -0.2) is 4.98 Å². The molecule has 0 spiro atoms. The number of fused-ring (bicyclic) bond motifs is 3. The summed E-state index contributed by atoms with van der Waals surface area (Å²) in [4.78, 5) is 20.0. The van der Waals surface area contributed by atoms with Crippen LogP contribution >= 0.6 is 56.5 Å². The zero-order valence-corrected chi connectivity index (χ0v) is 20.0. The lowest BCUT2D eigenvalue weighted by Crippen LogP contribution is -2.21. The first-order valence-corrected chi connectivity index (χ1v) is 11.6. The van der Waals surface area contributed by atoms with Gasteiger partial charge in [0.15, 0.2) is 0 Å². The first-order chi connectivity index (χ1) is 13.0. The van der Waals surface area contributed by atoms with Crippen LogP contribution in [0.1, 0.15) is 34.7 Å². The number of nitrogens with zero attached hydrogens (tertiary/aromatic N) is 3. The summed E-state index contributed by atoms with van der Waals surface area (Å²) < 4.78 is 8.84. The third-order valence-corrected chi connectivity index (χ3v) is 7.46. The number of hydrogen-bond acceptors (Lipinski definition) is 5. The highest BCUT2D eigenvalue weighted by Crippen LogP contribution is 2.33. The van der Waals surface area contributed by atoms with Gasteiger partial charge >= 0.3 is 0 Å². The lowest BCUT2D eigenvalue weighted by Gasteiger charge is -2.10. The fourth-order valence-corrected chi connectivity index (χ4v) is 6.96. The first-order valence-electron chi connectivity index (χ1n) is 8.61. The highest BCUT2D eigenvalue weighted by atomic mass is 127. The molecule has 0 N–H and O–H groups in total. The molecular formula is C19H17I2N3O2S. The average molecular weight is 605 g/mol. The van der Waals surface area contributed by atoms with Crippen molar-refractivity contribution >= 4 is 72.9 Å². The van der Waals surface area contributed by atoms with Gasteiger partial charge in [0.2, 0.25) is 0 Å². The molecule has 0 bridgehead atoms. The van der Waals surface area contributed by atoms with Crippen molar-refractivity contribution in [3.8, 4) is 5.75 Å². The smallest absolute Gasteiger partial charge is 0.283 e. The minimum absolute atomic E-state index is 0.0638. The third-order valence-electron chi connectivity index (χ3n) is 4.68. The van der Waals surface area contributed by atoms with Crippen LogP contribution < -0.4 is 10.3 Å². The van der Waals surface area contributed by atoms with Crippen molar-refractivity contribution in [2.75, 3.05) is 7.11 Å². The van der Waals surface area contributed by atoms with Gasteiger partial charge in [-0.1, -0.05) is 0 Å². The molecule has 1 aliphatic rings. The Balaban J connectivity index is 1.80. The fourth-order valence-electron chi connectivity index (χ4n) is 3.41. The van der Waals surface area contributed by atoms with Gasteiger partial charge in [0.1, 0.15) is 16.4 Å². The molecule has 0 fully saturated rings. The highest BCUT2D eigenvalue weighted by molar-refractivity contribution is 14.1. The molecule has 4 rings (SSSR count). The van der Waals surface area contributed by atoms with Gasteiger partial charge in [-0.05, 0) is 101 Å². The Kier molecular flexibility index (Phi) is 5.57. The van der Waals surface area contributed by atoms with E-state index in [4.69, 9.17) is 4.74 Å². The number of hydrogen-bond donors (Lipinski definition) is 0. The number of ether oxygens (including phenoxy) is 1. The zero-order chi connectivity index (χ0) is 19.1. The Hall–Kier alpha value is -1.01. The summed E-state index contributed by atoms with van der Waals surface area (Å²) in [6.07, 6.45) is 6.07. The Morgan fingerprint density at radius 2 is 1.96 bits per heavy atom. The van der Waals surface area contributed by atoms with E-state index in [0.717, 1.165) is 47.9 Å². The summed E-state index contributed by atoms with van der Waals surface area (Å²) >= 11 is 6.15. The van der Waals surface area contributed by atoms with Gasteiger partial charge in [-0.3, -0.25) is 4.79 Å². The molecule has 0 saturated heterocycles. The second-order valence-electron chi connectivity index (χ2n) is 6.43. The van der Waals surface area contributed by atoms with E-state index in [9.17, 15) is 4.79 Å². The van der Waals surface area contributed by atoms with Crippen LogP contribution in [-0.2, 0) is 12.8 Å². The Morgan fingerprint density at radius 3 is 2.67 bits per heavy atom. The standard InChI is InChI=1S/C19H17I2N3O2S/c1-10-23-18-16(12-5-3-4-6-15(12)27-18)19(25)24(10)22-9-11-7-13(20)17(26-2)14(21)8-11/h7-9H,3-6H2,1-2H3/b22-9-. The molecule has 0 saturated carbocycles. The predicted molar refractivity (Wildman–Crippen MR) is 127 cm³/mol. The number of aromatic nitrogens is 2. The number of aryl methyl sites for hydroxylation is 3. The largest absolute Gasteiger partial charge is 0.495 e. The van der Waals surface area contributed by atoms with E-state index < -0.39 is 0 Å². The molecule has 3 aromatic rings. The Labute approximate surface area is 188 Å². The van der Waals surface area contributed by atoms with Crippen LogP contribution in [-0.4, -0.2) is 23.0 Å². The van der Waals surface area contributed by atoms with Crippen LogP contribution in [0.25, 0.3) is 10.2 Å². The Morgan fingerprint density at radius 1 is 1.26 bits per heavy atom. The van der Waals surface area contributed by atoms with Crippen LogP contribution in [0.5, 0.6) is 5.75 Å². The number of thiophene rings is 1. The van der Waals surface area contributed by atoms with Crippen molar-refractivity contribution in [2.45, 2.75) is 32.6 Å². The monoisotopic (exact) mass is 605 g/mol. The van der Waals surface area contributed by atoms with Crippen molar-refractivity contribution in [3.63, 3.8) is 0 Å². The van der Waals surface area contributed by atoms with E-state index in [1.165, 1.54) is 21.5 Å². The molecular weight excluding hydrogens is 588 g/mol. The molecule has 0 aliphatic heterocycles. The zero-order valence-electron chi connectivity index (χ0n) is 14.9. The van der Waals surface area contributed by atoms with Gasteiger partial charge in [0, 0.05) is 4.88 Å². The fraction of sp³-hybridized carbons (Fsp3) is 0.316. The SMILES string of the molecule is COc1c(I)cc(/C=N\n2c(C)nc3sc4c(c3c2=O)CCCC4)cc1I. The summed E-state index contributed by atoms with van der Waals surface area (Å²) in [6, 6.07) is 3.98. The average Bonchev–Trinajstić information content (AvgIpc) is 2.99. The predicted octanol–water partition coefficient (Wildman–Crippen LogP) is 4.75. The van der Waals surface area contributed by atoms with Crippen molar-refractivity contribution in [3.05, 3.63) is 51.5 Å². The number of benzene rings is 1. The van der Waals surface area contributed by atoms with Gasteiger partial charge in [0.05, 0.1) is 25.9 Å². The van der Waals surface area contributed by atoms with E-state index in [1.54, 1.807) is 24.7 Å². The molecule has 8 heteroatoms. The first kappa shape index (κ1) is 19.3. The van der Waals surface area contributed by atoms with Crippen LogP contribution in [0.15, 0.2) is 22.0 Å². The van der Waals surface area contributed by atoms with Gasteiger partial charge in [-0.15, -0.1) is 11.3 Å². The molecule has 5 nitrogen and oxygen atoms in total. The maximum atomic E-state index is 13.1. The molecule has 0 unspecified atom stereocenters. The molecule has 2 heterocycles. The summed E-state index contributed by atoms with van der Waals surface area (Å²) in [7, 11) is 1.67. The summed E-state index contributed by atoms with van der Waals surface area (Å²) in [5.74, 6) is 1.47. The molecule has 27 heavy (non-hydrogen) atoms. The molecule has 0 radical (unpaired) electrons. The number of methoxy groups -OCH3 is 1. The van der Waals surface area contributed by atoms with E-state index in [2.05, 4.69) is 55.3 Å². The van der Waals surface area contributed by atoms with Crippen molar-refractivity contribution in [1.82, 2.24) is 9.66 Å². The second-order valence-corrected chi connectivity index (χ2v) is 9.84. The topological polar surface area (TPSA) is 56.5 Å². The van der Waals surface area contributed by atoms with E-state index in [1.807, 2.05) is 19.1 Å². The van der Waals surface area contributed by atoms with Gasteiger partial charge in [0.25, 0.3) is 5.56 Å². The lowest BCUT2D eigenvalue weighted by atomic mass is 9.97. The van der Waals surface area contributed by atoms with E-state index >= 15 is 0 Å². The highest BCUT2D eigenvalue weighted by Gasteiger charge is 2.21. The van der Waals surface area contributed by atoms with Crippen molar-refractivity contribution < 1.29 is 4.74 Å². The van der Waals surface area contributed by atoms with Crippen LogP contribution in [0.4, 0.5) is 0 Å². The van der Waals surface area contributed by atoms with Crippen LogP contribution in [0, 0.1) is 14.1 Å². The number of halogens is 2. The quantitative estimate of drug-likeness (QED) is 0.320. The van der Waals surface area contributed by atoms with Crippen molar-refractivity contribution in [1.29, 1.82) is 0 Å². The molecule has 0 amide bonds. The van der Waals surface area contributed by atoms with Gasteiger partial charge in [-0.2, -0.15) is 9.78 Å². The lowest BCUT2D eigenvalue weighted by molar-refractivity contribution is 0.409. The third kappa shape index (κ3) is 3.55. The molecule has 1 aromatic carbocycles. The summed E-state index contributed by atoms with van der Waals surface area (Å²) in [5, 5.41) is 5.23. The summed E-state index contributed by atoms with van der Waals surface area (Å²) in [6.45, 7) is 1.83. The Bertz CT molecular complexity index is 1110. The number of rotatable bonds is 3. The minimum atomic E-state index is -0.0638. The minimum Gasteiger partial charge on any atom is -0.495 e. The van der Waals surface area contributed by atoms with E-state index in [-0.39, 0.29) is 5.56 Å². The summed E-state index contributed by atoms with van der Waals surface area (Å²) in [5.41, 5.74) is 2.05. The van der Waals surface area contributed by atoms with Crippen molar-refractivity contribution in [2.24, 2.45) is 5.10 Å².